The molecule has 0 fully saturated rings. The normalized spacial score (nSPS) is 11.7. The number of methoxy groups -OCH3 is 2. The minimum absolute atomic E-state index is 0.0147. The molecule has 0 aliphatic heterocycles. The second kappa shape index (κ2) is 11.6. The van der Waals surface area contributed by atoms with Gasteiger partial charge in [0, 0.05) is 19.0 Å². The van der Waals surface area contributed by atoms with E-state index < -0.39 is 23.8 Å². The molecule has 148 valence electrons. The van der Waals surface area contributed by atoms with Gasteiger partial charge in [-0.25, -0.2) is 0 Å². The van der Waals surface area contributed by atoms with Crippen LogP contribution in [0.3, 0.4) is 0 Å². The summed E-state index contributed by atoms with van der Waals surface area (Å²) in [6.07, 6.45) is 3.38. The van der Waals surface area contributed by atoms with E-state index in [0.29, 0.717) is 23.6 Å². The fraction of sp³-hybridized carbons (Fsp3) is 0.421. The predicted molar refractivity (Wildman–Crippen MR) is 101 cm³/mol. The number of nitrogens with one attached hydrogen (secondary N) is 2. The predicted octanol–water partition coefficient (Wildman–Crippen LogP) is 1.59. The van der Waals surface area contributed by atoms with E-state index in [-0.39, 0.29) is 12.8 Å². The van der Waals surface area contributed by atoms with Crippen molar-refractivity contribution in [1.29, 1.82) is 0 Å². The highest BCUT2D eigenvalue weighted by Crippen LogP contribution is 2.27. The highest BCUT2D eigenvalue weighted by atomic mass is 16.5. The molecule has 0 saturated carbocycles. The highest BCUT2D eigenvalue weighted by Gasteiger charge is 2.20. The maximum atomic E-state index is 12.1. The van der Waals surface area contributed by atoms with E-state index in [2.05, 4.69) is 10.6 Å². The number of benzene rings is 1. The molecule has 0 aliphatic rings. The summed E-state index contributed by atoms with van der Waals surface area (Å²) in [7, 11) is 3.04. The number of carboxylic acid groups (broad SMARTS) is 1. The monoisotopic (exact) mass is 378 g/mol. The van der Waals surface area contributed by atoms with Gasteiger partial charge >= 0.3 is 5.97 Å². The second-order valence-corrected chi connectivity index (χ2v) is 5.73. The highest BCUT2D eigenvalue weighted by molar-refractivity contribution is 5.95. The zero-order valence-corrected chi connectivity index (χ0v) is 15.8. The number of carbonyl (C=O) groups is 3. The van der Waals surface area contributed by atoms with Crippen LogP contribution in [0.5, 0.6) is 11.5 Å². The van der Waals surface area contributed by atoms with Crippen LogP contribution in [0.15, 0.2) is 24.3 Å². The number of rotatable bonds is 11. The van der Waals surface area contributed by atoms with E-state index in [0.717, 1.165) is 6.42 Å². The van der Waals surface area contributed by atoms with Gasteiger partial charge in [0.05, 0.1) is 14.2 Å². The van der Waals surface area contributed by atoms with Crippen LogP contribution >= 0.6 is 0 Å². The third-order valence-electron chi connectivity index (χ3n) is 3.66. The SMILES string of the molecule is CCCNC(=O)[C@H](CCC(=O)O)NC(=O)/C=C/c1ccc(OC)c(OC)c1. The van der Waals surface area contributed by atoms with Crippen molar-refractivity contribution in [3.63, 3.8) is 0 Å². The van der Waals surface area contributed by atoms with Crippen molar-refractivity contribution in [2.75, 3.05) is 20.8 Å². The Morgan fingerprint density at radius 3 is 2.48 bits per heavy atom. The molecule has 27 heavy (non-hydrogen) atoms. The Morgan fingerprint density at radius 1 is 1.19 bits per heavy atom. The van der Waals surface area contributed by atoms with Crippen molar-refractivity contribution in [2.45, 2.75) is 32.2 Å². The van der Waals surface area contributed by atoms with Crippen molar-refractivity contribution in [3.05, 3.63) is 29.8 Å². The Kier molecular flexibility index (Phi) is 9.42. The third kappa shape index (κ3) is 7.81. The van der Waals surface area contributed by atoms with Gasteiger partial charge in [-0.1, -0.05) is 13.0 Å². The van der Waals surface area contributed by atoms with Gasteiger partial charge in [0.25, 0.3) is 0 Å². The summed E-state index contributed by atoms with van der Waals surface area (Å²) >= 11 is 0. The van der Waals surface area contributed by atoms with Crippen molar-refractivity contribution >= 4 is 23.9 Å². The summed E-state index contributed by atoms with van der Waals surface area (Å²) in [6.45, 7) is 2.36. The topological polar surface area (TPSA) is 114 Å². The molecule has 0 saturated heterocycles. The molecule has 2 amide bonds. The fourth-order valence-corrected chi connectivity index (χ4v) is 2.26. The molecule has 0 aliphatic carbocycles. The Balaban J connectivity index is 2.77. The standard InChI is InChI=1S/C19H26N2O6/c1-4-11-20-19(25)14(7-10-18(23)24)21-17(22)9-6-13-5-8-15(26-2)16(12-13)27-3/h5-6,8-9,12,14H,4,7,10-11H2,1-3H3,(H,20,25)(H,21,22)(H,23,24)/b9-6+/t14-/m0/s1. The number of hydrogen-bond acceptors (Lipinski definition) is 5. The summed E-state index contributed by atoms with van der Waals surface area (Å²) in [4.78, 5) is 35.0. The maximum Gasteiger partial charge on any atom is 0.303 e. The third-order valence-corrected chi connectivity index (χ3v) is 3.66. The lowest BCUT2D eigenvalue weighted by atomic mass is 10.1. The minimum Gasteiger partial charge on any atom is -0.493 e. The summed E-state index contributed by atoms with van der Waals surface area (Å²) in [5.74, 6) is -0.824. The molecule has 1 aromatic rings. The van der Waals surface area contributed by atoms with Crippen LogP contribution < -0.4 is 20.1 Å². The van der Waals surface area contributed by atoms with Gasteiger partial charge in [-0.3, -0.25) is 14.4 Å². The molecule has 3 N–H and O–H groups in total. The lowest BCUT2D eigenvalue weighted by molar-refractivity contribution is -0.137. The fourth-order valence-electron chi connectivity index (χ4n) is 2.26. The van der Waals surface area contributed by atoms with E-state index >= 15 is 0 Å². The first-order chi connectivity index (χ1) is 12.9. The first-order valence-electron chi connectivity index (χ1n) is 8.61. The summed E-state index contributed by atoms with van der Waals surface area (Å²) in [5, 5.41) is 14.0. The molecule has 1 rings (SSSR count). The van der Waals surface area contributed by atoms with Gasteiger partial charge in [-0.05, 0) is 36.6 Å². The number of carbonyl (C=O) groups excluding carboxylic acids is 2. The second-order valence-electron chi connectivity index (χ2n) is 5.73. The molecule has 0 aromatic heterocycles. The Bertz CT molecular complexity index is 687. The van der Waals surface area contributed by atoms with Crippen LogP contribution in [-0.2, 0) is 14.4 Å². The van der Waals surface area contributed by atoms with E-state index in [4.69, 9.17) is 14.6 Å². The largest absolute Gasteiger partial charge is 0.493 e. The van der Waals surface area contributed by atoms with Crippen molar-refractivity contribution in [3.8, 4) is 11.5 Å². The first kappa shape index (κ1) is 22.0. The molecule has 8 heteroatoms. The average Bonchev–Trinajstić information content (AvgIpc) is 2.67. The molecule has 1 atom stereocenters. The van der Waals surface area contributed by atoms with Gasteiger partial charge < -0.3 is 25.2 Å². The summed E-state index contributed by atoms with van der Waals surface area (Å²) < 4.78 is 10.4. The number of amides is 2. The molecular formula is C19H26N2O6. The molecule has 0 radical (unpaired) electrons. The zero-order valence-electron chi connectivity index (χ0n) is 15.8. The zero-order chi connectivity index (χ0) is 20.2. The van der Waals surface area contributed by atoms with Gasteiger partial charge in [-0.2, -0.15) is 0 Å². The first-order valence-corrected chi connectivity index (χ1v) is 8.61. The lowest BCUT2D eigenvalue weighted by Crippen LogP contribution is -2.46. The van der Waals surface area contributed by atoms with E-state index in [1.54, 1.807) is 24.3 Å². The van der Waals surface area contributed by atoms with Gasteiger partial charge in [0.2, 0.25) is 11.8 Å². The molecule has 0 unspecified atom stereocenters. The number of ether oxygens (including phenoxy) is 2. The molecule has 1 aromatic carbocycles. The Hall–Kier alpha value is -3.03. The number of carboxylic acids is 1. The summed E-state index contributed by atoms with van der Waals surface area (Å²) in [6, 6.07) is 4.26. The molecule has 0 heterocycles. The smallest absolute Gasteiger partial charge is 0.303 e. The van der Waals surface area contributed by atoms with Crippen LogP contribution in [0.1, 0.15) is 31.7 Å². The number of aliphatic carboxylic acids is 1. The quantitative estimate of drug-likeness (QED) is 0.504. The van der Waals surface area contributed by atoms with E-state index in [1.807, 2.05) is 6.92 Å². The van der Waals surface area contributed by atoms with Crippen molar-refractivity contribution < 1.29 is 29.0 Å². The van der Waals surface area contributed by atoms with Crippen LogP contribution in [0.4, 0.5) is 0 Å². The van der Waals surface area contributed by atoms with Crippen LogP contribution in [0, 0.1) is 0 Å². The van der Waals surface area contributed by atoms with Gasteiger partial charge in [0.15, 0.2) is 11.5 Å². The van der Waals surface area contributed by atoms with Crippen LogP contribution in [0.25, 0.3) is 6.08 Å². The van der Waals surface area contributed by atoms with Crippen LogP contribution in [-0.4, -0.2) is 49.7 Å². The minimum atomic E-state index is -1.03. The average molecular weight is 378 g/mol. The van der Waals surface area contributed by atoms with E-state index in [9.17, 15) is 14.4 Å². The van der Waals surface area contributed by atoms with Crippen molar-refractivity contribution in [2.24, 2.45) is 0 Å². The molecule has 0 bridgehead atoms. The molecule has 8 nitrogen and oxygen atoms in total. The van der Waals surface area contributed by atoms with Crippen LogP contribution in [0.2, 0.25) is 0 Å². The van der Waals surface area contributed by atoms with Crippen molar-refractivity contribution in [1.82, 2.24) is 10.6 Å². The van der Waals surface area contributed by atoms with E-state index in [1.165, 1.54) is 20.3 Å². The van der Waals surface area contributed by atoms with Gasteiger partial charge in [0.1, 0.15) is 6.04 Å². The maximum absolute atomic E-state index is 12.1. The Morgan fingerprint density at radius 2 is 1.89 bits per heavy atom. The Labute approximate surface area is 158 Å². The molecular weight excluding hydrogens is 352 g/mol. The molecule has 0 spiro atoms. The number of hydrogen-bond donors (Lipinski definition) is 3. The summed E-state index contributed by atoms with van der Waals surface area (Å²) in [5.41, 5.74) is 0.709. The van der Waals surface area contributed by atoms with Gasteiger partial charge in [-0.15, -0.1) is 0 Å². The lowest BCUT2D eigenvalue weighted by Gasteiger charge is -2.16.